The molecule has 29 heavy (non-hydrogen) atoms. The van der Waals surface area contributed by atoms with Crippen molar-refractivity contribution in [3.63, 3.8) is 0 Å². The largest absolute Gasteiger partial charge is 0.324 e. The molecule has 0 radical (unpaired) electrons. The fourth-order valence-electron chi connectivity index (χ4n) is 3.24. The smallest absolute Gasteiger partial charge is 0.243 e. The number of nitrogens with zero attached hydrogens (tertiary/aromatic N) is 2. The van der Waals surface area contributed by atoms with Gasteiger partial charge in [0.2, 0.25) is 15.9 Å². The summed E-state index contributed by atoms with van der Waals surface area (Å²) < 4.78 is 40.4. The van der Waals surface area contributed by atoms with Gasteiger partial charge in [0.1, 0.15) is 5.82 Å². The first-order valence-electron chi connectivity index (χ1n) is 9.25. The van der Waals surface area contributed by atoms with Crippen LogP contribution in [0.4, 0.5) is 10.1 Å². The molecule has 2 aromatic rings. The number of nitrogens with one attached hydrogen (secondary N) is 1. The Labute approximate surface area is 175 Å². The van der Waals surface area contributed by atoms with Crippen molar-refractivity contribution in [3.8, 4) is 0 Å². The molecule has 156 valence electrons. The first kappa shape index (κ1) is 21.7. The van der Waals surface area contributed by atoms with Crippen LogP contribution in [0.2, 0.25) is 5.02 Å². The van der Waals surface area contributed by atoms with Crippen molar-refractivity contribution in [1.82, 2.24) is 9.21 Å². The van der Waals surface area contributed by atoms with E-state index in [9.17, 15) is 17.6 Å². The van der Waals surface area contributed by atoms with Crippen molar-refractivity contribution in [2.45, 2.75) is 24.8 Å². The van der Waals surface area contributed by atoms with Crippen molar-refractivity contribution in [2.75, 3.05) is 31.5 Å². The van der Waals surface area contributed by atoms with Gasteiger partial charge in [-0.1, -0.05) is 23.7 Å². The zero-order valence-corrected chi connectivity index (χ0v) is 17.8. The third-order valence-electron chi connectivity index (χ3n) is 5.09. The van der Waals surface area contributed by atoms with Gasteiger partial charge in [0.25, 0.3) is 0 Å². The lowest BCUT2D eigenvalue weighted by Gasteiger charge is -2.36. The maximum Gasteiger partial charge on any atom is 0.243 e. The monoisotopic (exact) mass is 439 g/mol. The van der Waals surface area contributed by atoms with Crippen molar-refractivity contribution < 1.29 is 17.6 Å². The van der Waals surface area contributed by atoms with Crippen molar-refractivity contribution in [2.24, 2.45) is 0 Å². The normalized spacial score (nSPS) is 17.1. The standard InChI is InChI=1S/C20H23ClFN3O3S/c1-14-6-7-17(22)13-19(14)23-20(26)15(2)24-8-10-25(11-9-24)29(27,28)18-5-3-4-16(21)12-18/h3-7,12-13,15H,8-11H2,1-2H3,(H,23,26). The Bertz CT molecular complexity index is 1010. The summed E-state index contributed by atoms with van der Waals surface area (Å²) in [6.07, 6.45) is 0. The third-order valence-corrected chi connectivity index (χ3v) is 7.22. The van der Waals surface area contributed by atoms with E-state index in [0.29, 0.717) is 23.8 Å². The van der Waals surface area contributed by atoms with Crippen LogP contribution in [-0.4, -0.2) is 55.8 Å². The molecule has 1 aliphatic rings. The van der Waals surface area contributed by atoms with Gasteiger partial charge >= 0.3 is 0 Å². The molecule has 6 nitrogen and oxygen atoms in total. The number of rotatable bonds is 5. The molecule has 1 amide bonds. The molecule has 0 spiro atoms. The molecule has 9 heteroatoms. The highest BCUT2D eigenvalue weighted by Crippen LogP contribution is 2.22. The van der Waals surface area contributed by atoms with Crippen LogP contribution in [0.5, 0.6) is 0 Å². The summed E-state index contributed by atoms with van der Waals surface area (Å²) in [4.78, 5) is 14.7. The van der Waals surface area contributed by atoms with E-state index in [1.807, 2.05) is 4.90 Å². The van der Waals surface area contributed by atoms with Gasteiger partial charge in [-0.3, -0.25) is 9.69 Å². The number of carbonyl (C=O) groups is 1. The number of amides is 1. The summed E-state index contributed by atoms with van der Waals surface area (Å²) in [5, 5.41) is 3.12. The molecular weight excluding hydrogens is 417 g/mol. The molecule has 1 saturated heterocycles. The number of hydrogen-bond donors (Lipinski definition) is 1. The van der Waals surface area contributed by atoms with Gasteiger partial charge in [-0.2, -0.15) is 4.31 Å². The first-order chi connectivity index (χ1) is 13.7. The molecule has 1 unspecified atom stereocenters. The lowest BCUT2D eigenvalue weighted by atomic mass is 10.1. The number of carbonyl (C=O) groups excluding carboxylic acids is 1. The molecule has 1 N–H and O–H groups in total. The van der Waals surface area contributed by atoms with E-state index >= 15 is 0 Å². The van der Waals surface area contributed by atoms with Gasteiger partial charge in [0.15, 0.2) is 0 Å². The second kappa shape index (κ2) is 8.79. The predicted molar refractivity (Wildman–Crippen MR) is 111 cm³/mol. The number of benzene rings is 2. The highest BCUT2D eigenvalue weighted by Gasteiger charge is 2.32. The van der Waals surface area contributed by atoms with E-state index in [1.165, 1.54) is 28.6 Å². The number of aryl methyl sites for hydroxylation is 1. The Hall–Kier alpha value is -2.00. The molecule has 1 atom stereocenters. The topological polar surface area (TPSA) is 69.7 Å². The van der Waals surface area contributed by atoms with Crippen LogP contribution >= 0.6 is 11.6 Å². The average Bonchev–Trinajstić information content (AvgIpc) is 2.70. The van der Waals surface area contributed by atoms with Gasteiger partial charge in [-0.15, -0.1) is 0 Å². The van der Waals surface area contributed by atoms with Gasteiger partial charge in [0, 0.05) is 36.9 Å². The molecule has 1 aliphatic heterocycles. The minimum absolute atomic E-state index is 0.158. The molecule has 0 saturated carbocycles. The number of halogens is 2. The highest BCUT2D eigenvalue weighted by atomic mass is 35.5. The van der Waals surface area contributed by atoms with Gasteiger partial charge in [-0.05, 0) is 49.7 Å². The number of piperazine rings is 1. The molecule has 1 fully saturated rings. The van der Waals surface area contributed by atoms with Gasteiger partial charge in [-0.25, -0.2) is 12.8 Å². The summed E-state index contributed by atoms with van der Waals surface area (Å²) >= 11 is 5.92. The SMILES string of the molecule is Cc1ccc(F)cc1NC(=O)C(C)N1CCN(S(=O)(=O)c2cccc(Cl)c2)CC1. The first-order valence-corrected chi connectivity index (χ1v) is 11.1. The summed E-state index contributed by atoms with van der Waals surface area (Å²) in [6, 6.07) is 9.93. The quantitative estimate of drug-likeness (QED) is 0.777. The van der Waals surface area contributed by atoms with Crippen LogP contribution in [-0.2, 0) is 14.8 Å². The fourth-order valence-corrected chi connectivity index (χ4v) is 4.96. The Kier molecular flexibility index (Phi) is 6.58. The van der Waals surface area contributed by atoms with Crippen molar-refractivity contribution >= 4 is 33.2 Å². The molecule has 0 aromatic heterocycles. The van der Waals surface area contributed by atoms with Crippen molar-refractivity contribution in [1.29, 1.82) is 0 Å². The second-order valence-corrected chi connectivity index (χ2v) is 9.40. The lowest BCUT2D eigenvalue weighted by Crippen LogP contribution is -2.53. The predicted octanol–water partition coefficient (Wildman–Crippen LogP) is 3.12. The molecule has 2 aromatic carbocycles. The average molecular weight is 440 g/mol. The third kappa shape index (κ3) is 4.95. The van der Waals surface area contributed by atoms with E-state index in [0.717, 1.165) is 5.56 Å². The molecule has 3 rings (SSSR count). The zero-order chi connectivity index (χ0) is 21.2. The second-order valence-electron chi connectivity index (χ2n) is 7.02. The van der Waals surface area contributed by atoms with Crippen LogP contribution < -0.4 is 5.32 Å². The van der Waals surface area contributed by atoms with Crippen LogP contribution in [0.15, 0.2) is 47.4 Å². The molecule has 0 bridgehead atoms. The van der Waals surface area contributed by atoms with E-state index < -0.39 is 21.9 Å². The van der Waals surface area contributed by atoms with E-state index in [4.69, 9.17) is 11.6 Å². The van der Waals surface area contributed by atoms with Gasteiger partial charge in [0.05, 0.1) is 10.9 Å². The molecular formula is C20H23ClFN3O3S. The Morgan fingerprint density at radius 2 is 1.83 bits per heavy atom. The number of anilines is 1. The summed E-state index contributed by atoms with van der Waals surface area (Å²) in [7, 11) is -3.63. The van der Waals surface area contributed by atoms with E-state index in [-0.39, 0.29) is 23.9 Å². The Morgan fingerprint density at radius 1 is 1.14 bits per heavy atom. The summed E-state index contributed by atoms with van der Waals surface area (Å²) in [5.41, 5.74) is 1.20. The molecule has 0 aliphatic carbocycles. The minimum Gasteiger partial charge on any atom is -0.324 e. The van der Waals surface area contributed by atoms with Crippen LogP contribution in [0.1, 0.15) is 12.5 Å². The summed E-state index contributed by atoms with van der Waals surface area (Å²) in [5.74, 6) is -0.678. The number of hydrogen-bond acceptors (Lipinski definition) is 4. The van der Waals surface area contributed by atoms with Crippen molar-refractivity contribution in [3.05, 3.63) is 58.9 Å². The maximum atomic E-state index is 13.4. The van der Waals surface area contributed by atoms with E-state index in [2.05, 4.69) is 5.32 Å². The van der Waals surface area contributed by atoms with E-state index in [1.54, 1.807) is 32.0 Å². The Balaban J connectivity index is 1.62. The van der Waals surface area contributed by atoms with Crippen LogP contribution in [0.3, 0.4) is 0 Å². The van der Waals surface area contributed by atoms with Gasteiger partial charge < -0.3 is 5.32 Å². The zero-order valence-electron chi connectivity index (χ0n) is 16.2. The molecule has 1 heterocycles. The Morgan fingerprint density at radius 3 is 2.48 bits per heavy atom. The van der Waals surface area contributed by atoms with Crippen LogP contribution in [0.25, 0.3) is 0 Å². The minimum atomic E-state index is -3.63. The number of sulfonamides is 1. The summed E-state index contributed by atoms with van der Waals surface area (Å²) in [6.45, 7) is 4.91. The lowest BCUT2D eigenvalue weighted by molar-refractivity contribution is -0.121. The van der Waals surface area contributed by atoms with Crippen LogP contribution in [0, 0.1) is 12.7 Å². The fraction of sp³-hybridized carbons (Fsp3) is 0.350. The maximum absolute atomic E-state index is 13.4. The highest BCUT2D eigenvalue weighted by molar-refractivity contribution is 7.89.